The second-order valence-electron chi connectivity index (χ2n) is 6.70. The highest BCUT2D eigenvalue weighted by Crippen LogP contribution is 2.35. The van der Waals surface area contributed by atoms with Gasteiger partial charge in [0.15, 0.2) is 0 Å². The smallest absolute Gasteiger partial charge is 0.353 e. The van der Waals surface area contributed by atoms with Crippen molar-refractivity contribution in [1.82, 2.24) is 9.29 Å². The van der Waals surface area contributed by atoms with Gasteiger partial charge in [-0.05, 0) is 23.3 Å². The zero-order chi connectivity index (χ0) is 21.1. The Morgan fingerprint density at radius 3 is 2.21 bits per heavy atom. The summed E-state index contributed by atoms with van der Waals surface area (Å²) in [5, 5.41) is 0. The minimum Gasteiger partial charge on any atom is -0.353 e. The van der Waals surface area contributed by atoms with E-state index in [1.165, 1.54) is 21.5 Å². The molecule has 1 aliphatic rings. The van der Waals surface area contributed by atoms with Crippen LogP contribution >= 0.6 is 0 Å². The Hall–Kier alpha value is -2.46. The van der Waals surface area contributed by atoms with E-state index in [0.29, 0.717) is 5.56 Å². The first-order chi connectivity index (χ1) is 13.7. The monoisotopic (exact) mass is 427 g/mol. The predicted molar refractivity (Wildman–Crippen MR) is 102 cm³/mol. The van der Waals surface area contributed by atoms with E-state index >= 15 is 0 Å². The van der Waals surface area contributed by atoms with Gasteiger partial charge in [0, 0.05) is 38.8 Å². The Bertz CT molecular complexity index is 955. The Kier molecular flexibility index (Phi) is 6.23. The maximum absolute atomic E-state index is 13.2. The lowest BCUT2D eigenvalue weighted by Gasteiger charge is -2.35. The maximum Gasteiger partial charge on any atom is 0.419 e. The Balaban J connectivity index is 1.66. The van der Waals surface area contributed by atoms with Crippen molar-refractivity contribution in [3.8, 4) is 0 Å². The van der Waals surface area contributed by atoms with Gasteiger partial charge in [0.25, 0.3) is 0 Å². The molecule has 1 fully saturated rings. The molecule has 2 aromatic rings. The number of carbonyl (C=O) groups is 1. The summed E-state index contributed by atoms with van der Waals surface area (Å²) in [6.45, 7) is 0.411. The lowest BCUT2D eigenvalue weighted by molar-refractivity contribution is -0.137. The van der Waals surface area contributed by atoms with Crippen LogP contribution in [0.25, 0.3) is 0 Å². The van der Waals surface area contributed by atoms with Crippen LogP contribution in [0.2, 0.25) is 0 Å². The number of piperazine rings is 1. The molecule has 0 aliphatic carbocycles. The van der Waals surface area contributed by atoms with Crippen LogP contribution in [0.1, 0.15) is 16.7 Å². The van der Waals surface area contributed by atoms with Gasteiger partial charge in [-0.1, -0.05) is 24.3 Å². The number of benzene rings is 1. The second-order valence-corrected chi connectivity index (χ2v) is 8.67. The molecule has 1 aliphatic heterocycles. The highest BCUT2D eigenvalue weighted by atomic mass is 32.2. The van der Waals surface area contributed by atoms with Crippen LogP contribution in [0, 0.1) is 0 Å². The molecule has 0 unspecified atom stereocenters. The minimum atomic E-state index is -4.52. The van der Waals surface area contributed by atoms with Gasteiger partial charge >= 0.3 is 6.18 Å². The zero-order valence-electron chi connectivity index (χ0n) is 15.5. The molecule has 0 spiro atoms. The van der Waals surface area contributed by atoms with E-state index < -0.39 is 21.8 Å². The Morgan fingerprint density at radius 1 is 1.00 bits per heavy atom. The average molecular weight is 427 g/mol. The number of halogens is 3. The lowest BCUT2D eigenvalue weighted by atomic mass is 10.1. The summed E-state index contributed by atoms with van der Waals surface area (Å²) in [6, 6.07) is 8.94. The van der Waals surface area contributed by atoms with Crippen LogP contribution in [0.4, 0.5) is 19.0 Å². The van der Waals surface area contributed by atoms with Crippen LogP contribution in [-0.4, -0.2) is 50.2 Å². The zero-order valence-corrected chi connectivity index (χ0v) is 16.3. The van der Waals surface area contributed by atoms with Crippen LogP contribution in [0.5, 0.6) is 0 Å². The number of sulfonamides is 1. The molecule has 6 nitrogen and oxygen atoms in total. The van der Waals surface area contributed by atoms with E-state index in [1.807, 2.05) is 0 Å². The molecule has 1 aromatic carbocycles. The molecule has 3 rings (SSSR count). The van der Waals surface area contributed by atoms with E-state index in [9.17, 15) is 26.4 Å². The summed E-state index contributed by atoms with van der Waals surface area (Å²) in [6.07, 6.45) is -2.19. The normalized spacial score (nSPS) is 16.0. The number of anilines is 1. The van der Waals surface area contributed by atoms with Gasteiger partial charge in [-0.2, -0.15) is 17.5 Å². The number of hydrogen-bond donors (Lipinski definition) is 0. The van der Waals surface area contributed by atoms with Crippen molar-refractivity contribution >= 4 is 22.1 Å². The number of pyridine rings is 1. The average Bonchev–Trinajstić information content (AvgIpc) is 2.69. The van der Waals surface area contributed by atoms with Gasteiger partial charge in [0.1, 0.15) is 12.1 Å². The molecule has 1 saturated heterocycles. The molecule has 0 amide bonds. The van der Waals surface area contributed by atoms with Gasteiger partial charge in [-0.25, -0.2) is 13.4 Å². The van der Waals surface area contributed by atoms with Crippen molar-refractivity contribution in [3.63, 3.8) is 0 Å². The molecular weight excluding hydrogens is 407 g/mol. The van der Waals surface area contributed by atoms with Crippen molar-refractivity contribution in [2.75, 3.05) is 31.1 Å². The second kappa shape index (κ2) is 8.50. The largest absolute Gasteiger partial charge is 0.419 e. The standard InChI is InChI=1S/C19H20F3N3O3S/c20-19(21,22)17-2-1-8-23-18(17)24-9-11-25(12-10-24)29(27,28)14-16-5-3-15(4-6-16)7-13-26/h1-6,8,13H,7,9-12,14H2. The lowest BCUT2D eigenvalue weighted by Crippen LogP contribution is -2.49. The number of alkyl halides is 3. The molecule has 2 heterocycles. The molecular formula is C19H20F3N3O3S. The third kappa shape index (κ3) is 5.13. The summed E-state index contributed by atoms with van der Waals surface area (Å²) < 4.78 is 66.3. The van der Waals surface area contributed by atoms with Gasteiger partial charge in [0.05, 0.1) is 11.3 Å². The van der Waals surface area contributed by atoms with Crippen molar-refractivity contribution < 1.29 is 26.4 Å². The highest BCUT2D eigenvalue weighted by Gasteiger charge is 2.37. The first-order valence-electron chi connectivity index (χ1n) is 8.97. The fraction of sp³-hybridized carbons (Fsp3) is 0.368. The fourth-order valence-corrected chi connectivity index (χ4v) is 4.73. The first kappa shape index (κ1) is 21.3. The molecule has 0 atom stereocenters. The number of rotatable bonds is 6. The summed E-state index contributed by atoms with van der Waals surface area (Å²) in [5.41, 5.74) is 0.559. The molecule has 1 aromatic heterocycles. The van der Waals surface area contributed by atoms with E-state index in [1.54, 1.807) is 24.3 Å². The van der Waals surface area contributed by atoms with Gasteiger partial charge < -0.3 is 9.69 Å². The van der Waals surface area contributed by atoms with Crippen LogP contribution in [-0.2, 0) is 33.2 Å². The SMILES string of the molecule is O=CCc1ccc(CS(=O)(=O)N2CCN(c3ncccc3C(F)(F)F)CC2)cc1. The predicted octanol–water partition coefficient (Wildman–Crippen LogP) is 2.49. The summed E-state index contributed by atoms with van der Waals surface area (Å²) in [7, 11) is -3.61. The van der Waals surface area contributed by atoms with E-state index in [0.717, 1.165) is 17.9 Å². The first-order valence-corrected chi connectivity index (χ1v) is 10.6. The molecule has 29 heavy (non-hydrogen) atoms. The maximum atomic E-state index is 13.2. The molecule has 0 radical (unpaired) electrons. The Morgan fingerprint density at radius 2 is 1.62 bits per heavy atom. The fourth-order valence-electron chi connectivity index (χ4n) is 3.22. The third-order valence-electron chi connectivity index (χ3n) is 4.71. The van der Waals surface area contributed by atoms with Crippen molar-refractivity contribution in [2.24, 2.45) is 0 Å². The van der Waals surface area contributed by atoms with Gasteiger partial charge in [-0.15, -0.1) is 0 Å². The highest BCUT2D eigenvalue weighted by molar-refractivity contribution is 7.88. The molecule has 156 valence electrons. The van der Waals surface area contributed by atoms with E-state index in [4.69, 9.17) is 0 Å². The molecule has 10 heteroatoms. The van der Waals surface area contributed by atoms with Crippen molar-refractivity contribution in [3.05, 3.63) is 59.3 Å². The van der Waals surface area contributed by atoms with Crippen LogP contribution in [0.15, 0.2) is 42.6 Å². The van der Waals surface area contributed by atoms with Gasteiger partial charge in [0.2, 0.25) is 10.0 Å². The number of nitrogens with zero attached hydrogens (tertiary/aromatic N) is 3. The number of hydrogen-bond acceptors (Lipinski definition) is 5. The number of aromatic nitrogens is 1. The van der Waals surface area contributed by atoms with Gasteiger partial charge in [-0.3, -0.25) is 0 Å². The number of aldehydes is 1. The van der Waals surface area contributed by atoms with Crippen LogP contribution in [0.3, 0.4) is 0 Å². The molecule has 0 bridgehead atoms. The van der Waals surface area contributed by atoms with E-state index in [-0.39, 0.29) is 44.2 Å². The molecule has 0 N–H and O–H groups in total. The van der Waals surface area contributed by atoms with E-state index in [2.05, 4.69) is 4.98 Å². The molecule has 0 saturated carbocycles. The summed E-state index contributed by atoms with van der Waals surface area (Å²) >= 11 is 0. The number of carbonyl (C=O) groups excluding carboxylic acids is 1. The van der Waals surface area contributed by atoms with Crippen molar-refractivity contribution in [2.45, 2.75) is 18.3 Å². The topological polar surface area (TPSA) is 70.6 Å². The quantitative estimate of drug-likeness (QED) is 0.663. The Labute approximate surface area is 167 Å². The third-order valence-corrected chi connectivity index (χ3v) is 6.56. The summed E-state index contributed by atoms with van der Waals surface area (Å²) in [4.78, 5) is 15.8. The van der Waals surface area contributed by atoms with Crippen LogP contribution < -0.4 is 4.90 Å². The summed E-state index contributed by atoms with van der Waals surface area (Å²) in [5.74, 6) is -0.381. The minimum absolute atomic E-state index is 0.0828. The van der Waals surface area contributed by atoms with Crippen molar-refractivity contribution in [1.29, 1.82) is 0 Å².